The van der Waals surface area contributed by atoms with Crippen LogP contribution in [0, 0.1) is 5.41 Å². The summed E-state index contributed by atoms with van der Waals surface area (Å²) in [7, 11) is 0. The summed E-state index contributed by atoms with van der Waals surface area (Å²) in [6, 6.07) is 5.21. The van der Waals surface area contributed by atoms with Crippen LogP contribution in [0.15, 0.2) is 30.2 Å². The van der Waals surface area contributed by atoms with Crippen LogP contribution in [0.4, 0.5) is 8.78 Å². The summed E-state index contributed by atoms with van der Waals surface area (Å²) >= 11 is 0. The SMILES string of the molecule is N=c1c2c(nc3ccccn13)C=C(F)CC2F. The van der Waals surface area contributed by atoms with E-state index in [0.29, 0.717) is 5.65 Å². The number of halogens is 2. The molecule has 1 aliphatic carbocycles. The van der Waals surface area contributed by atoms with Gasteiger partial charge in [-0.25, -0.2) is 13.8 Å². The number of pyridine rings is 1. The molecule has 3 nitrogen and oxygen atoms in total. The van der Waals surface area contributed by atoms with E-state index in [1.54, 1.807) is 24.4 Å². The molecule has 0 bridgehead atoms. The lowest BCUT2D eigenvalue weighted by molar-refractivity contribution is 0.314. The Morgan fingerprint density at radius 2 is 2.24 bits per heavy atom. The molecule has 0 fully saturated rings. The molecule has 0 saturated carbocycles. The Morgan fingerprint density at radius 3 is 3.06 bits per heavy atom. The fourth-order valence-corrected chi connectivity index (χ4v) is 2.05. The summed E-state index contributed by atoms with van der Waals surface area (Å²) in [6.07, 6.45) is 1.05. The third-order valence-electron chi connectivity index (χ3n) is 2.83. The Kier molecular flexibility index (Phi) is 2.07. The number of alkyl halides is 1. The highest BCUT2D eigenvalue weighted by Crippen LogP contribution is 2.32. The molecular formula is C12H9F2N3. The minimum atomic E-state index is -1.49. The zero-order chi connectivity index (χ0) is 12.0. The number of allylic oxidation sites excluding steroid dienone is 1. The van der Waals surface area contributed by atoms with Gasteiger partial charge < -0.3 is 0 Å². The van der Waals surface area contributed by atoms with Gasteiger partial charge in [0.2, 0.25) is 0 Å². The van der Waals surface area contributed by atoms with Crippen LogP contribution in [0.25, 0.3) is 11.7 Å². The van der Waals surface area contributed by atoms with Crippen LogP contribution in [-0.4, -0.2) is 9.38 Å². The first kappa shape index (κ1) is 10.1. The zero-order valence-electron chi connectivity index (χ0n) is 8.82. The Hall–Kier alpha value is -2.04. The number of hydrogen-bond acceptors (Lipinski definition) is 2. The van der Waals surface area contributed by atoms with E-state index in [0.717, 1.165) is 0 Å². The van der Waals surface area contributed by atoms with Crippen molar-refractivity contribution >= 4 is 11.7 Å². The van der Waals surface area contributed by atoms with Crippen molar-refractivity contribution in [2.75, 3.05) is 0 Å². The van der Waals surface area contributed by atoms with Crippen LogP contribution in [0.2, 0.25) is 0 Å². The first-order chi connectivity index (χ1) is 8.16. The van der Waals surface area contributed by atoms with Crippen LogP contribution >= 0.6 is 0 Å². The molecule has 0 aromatic carbocycles. The van der Waals surface area contributed by atoms with Gasteiger partial charge in [0.1, 0.15) is 23.1 Å². The van der Waals surface area contributed by atoms with Gasteiger partial charge in [-0.1, -0.05) is 6.07 Å². The van der Waals surface area contributed by atoms with E-state index < -0.39 is 12.0 Å². The topological polar surface area (TPSA) is 41.2 Å². The van der Waals surface area contributed by atoms with Crippen molar-refractivity contribution in [3.05, 3.63) is 47.0 Å². The van der Waals surface area contributed by atoms with Crippen molar-refractivity contribution in [2.45, 2.75) is 12.6 Å². The number of fused-ring (bicyclic) bond motifs is 2. The van der Waals surface area contributed by atoms with E-state index in [1.165, 1.54) is 10.5 Å². The summed E-state index contributed by atoms with van der Waals surface area (Å²) in [5.74, 6) is -0.530. The first-order valence-electron chi connectivity index (χ1n) is 5.23. The maximum absolute atomic E-state index is 13.8. The smallest absolute Gasteiger partial charge is 0.138 e. The van der Waals surface area contributed by atoms with Crippen molar-refractivity contribution in [3.8, 4) is 0 Å². The fraction of sp³-hybridized carbons (Fsp3) is 0.167. The number of rotatable bonds is 0. The van der Waals surface area contributed by atoms with Gasteiger partial charge in [-0.3, -0.25) is 9.81 Å². The molecule has 0 radical (unpaired) electrons. The predicted molar refractivity (Wildman–Crippen MR) is 58.6 cm³/mol. The Balaban J connectivity index is 2.44. The lowest BCUT2D eigenvalue weighted by Crippen LogP contribution is -2.24. The van der Waals surface area contributed by atoms with Gasteiger partial charge in [0.25, 0.3) is 0 Å². The molecule has 2 aromatic heterocycles. The Bertz CT molecular complexity index is 688. The third-order valence-corrected chi connectivity index (χ3v) is 2.83. The molecule has 1 atom stereocenters. The maximum Gasteiger partial charge on any atom is 0.138 e. The van der Waals surface area contributed by atoms with Crippen LogP contribution in [0.1, 0.15) is 23.8 Å². The number of hydrogen-bond donors (Lipinski definition) is 1. The first-order valence-corrected chi connectivity index (χ1v) is 5.23. The van der Waals surface area contributed by atoms with Gasteiger partial charge in [-0.2, -0.15) is 0 Å². The minimum absolute atomic E-state index is 0.0295. The summed E-state index contributed by atoms with van der Waals surface area (Å²) in [4.78, 5) is 4.16. The molecular weight excluding hydrogens is 224 g/mol. The standard InChI is InChI=1S/C12H9F2N3/c13-7-5-8(14)11-9(6-7)16-10-3-1-2-4-17(10)12(11)15/h1-4,6,8,15H,5H2. The van der Waals surface area contributed by atoms with Gasteiger partial charge in [0, 0.05) is 12.6 Å². The van der Waals surface area contributed by atoms with Gasteiger partial charge in [-0.05, 0) is 18.2 Å². The molecule has 2 heterocycles. The molecule has 17 heavy (non-hydrogen) atoms. The molecule has 86 valence electrons. The van der Waals surface area contributed by atoms with Crippen LogP contribution in [0.3, 0.4) is 0 Å². The molecule has 0 amide bonds. The van der Waals surface area contributed by atoms with Gasteiger partial charge in [-0.15, -0.1) is 0 Å². The van der Waals surface area contributed by atoms with Crippen LogP contribution in [0.5, 0.6) is 0 Å². The second-order valence-electron chi connectivity index (χ2n) is 3.95. The number of nitrogens with zero attached hydrogens (tertiary/aromatic N) is 2. The second kappa shape index (κ2) is 3.48. The summed E-state index contributed by atoms with van der Waals surface area (Å²) in [6.45, 7) is 0. The minimum Gasteiger partial charge on any atom is -0.286 e. The largest absolute Gasteiger partial charge is 0.286 e. The fourth-order valence-electron chi connectivity index (χ4n) is 2.05. The molecule has 5 heteroatoms. The van der Waals surface area contributed by atoms with Gasteiger partial charge in [0.05, 0.1) is 11.3 Å². The van der Waals surface area contributed by atoms with E-state index in [1.807, 2.05) is 0 Å². The summed E-state index contributed by atoms with van der Waals surface area (Å²) in [5.41, 5.74) is 0.920. The van der Waals surface area contributed by atoms with Gasteiger partial charge >= 0.3 is 0 Å². The highest BCUT2D eigenvalue weighted by Gasteiger charge is 2.24. The number of aromatic nitrogens is 2. The highest BCUT2D eigenvalue weighted by atomic mass is 19.1. The lowest BCUT2D eigenvalue weighted by Gasteiger charge is -2.16. The van der Waals surface area contributed by atoms with Crippen molar-refractivity contribution < 1.29 is 8.78 Å². The second-order valence-corrected chi connectivity index (χ2v) is 3.95. The van der Waals surface area contributed by atoms with Crippen molar-refractivity contribution in [3.63, 3.8) is 0 Å². The molecule has 0 spiro atoms. The van der Waals surface area contributed by atoms with Crippen molar-refractivity contribution in [2.24, 2.45) is 0 Å². The molecule has 2 aromatic rings. The van der Waals surface area contributed by atoms with E-state index in [2.05, 4.69) is 4.98 Å². The monoisotopic (exact) mass is 233 g/mol. The molecule has 1 unspecified atom stereocenters. The average molecular weight is 233 g/mol. The molecule has 1 N–H and O–H groups in total. The van der Waals surface area contributed by atoms with E-state index >= 15 is 0 Å². The Labute approximate surface area is 95.6 Å². The maximum atomic E-state index is 13.8. The molecule has 3 rings (SSSR count). The van der Waals surface area contributed by atoms with Crippen LogP contribution < -0.4 is 5.49 Å². The van der Waals surface area contributed by atoms with E-state index in [4.69, 9.17) is 5.41 Å². The van der Waals surface area contributed by atoms with E-state index in [9.17, 15) is 8.78 Å². The van der Waals surface area contributed by atoms with Crippen molar-refractivity contribution in [1.82, 2.24) is 9.38 Å². The zero-order valence-corrected chi connectivity index (χ0v) is 8.82. The molecule has 1 aliphatic rings. The van der Waals surface area contributed by atoms with Gasteiger partial charge in [0.15, 0.2) is 0 Å². The lowest BCUT2D eigenvalue weighted by atomic mass is 10.0. The normalized spacial score (nSPS) is 18.9. The highest BCUT2D eigenvalue weighted by molar-refractivity contribution is 5.57. The van der Waals surface area contributed by atoms with Crippen LogP contribution in [-0.2, 0) is 0 Å². The van der Waals surface area contributed by atoms with Crippen molar-refractivity contribution in [1.29, 1.82) is 5.41 Å². The number of nitrogens with one attached hydrogen (secondary N) is 1. The van der Waals surface area contributed by atoms with E-state index in [-0.39, 0.29) is 23.2 Å². The average Bonchev–Trinajstić information content (AvgIpc) is 2.28. The molecule has 0 saturated heterocycles. The predicted octanol–water partition coefficient (Wildman–Crippen LogP) is 2.54. The summed E-state index contributed by atoms with van der Waals surface area (Å²) in [5, 5.41) is 7.95. The quantitative estimate of drug-likeness (QED) is 0.746. The Morgan fingerprint density at radius 1 is 1.41 bits per heavy atom. The molecule has 0 aliphatic heterocycles. The summed E-state index contributed by atoms with van der Waals surface area (Å²) < 4.78 is 28.4. The third kappa shape index (κ3) is 1.46.